The molecule has 2 heterocycles. The lowest BCUT2D eigenvalue weighted by Gasteiger charge is -1.85. The van der Waals surface area contributed by atoms with Crippen molar-refractivity contribution in [2.75, 3.05) is 0 Å². The van der Waals surface area contributed by atoms with E-state index in [9.17, 15) is 0 Å². The van der Waals surface area contributed by atoms with Crippen molar-refractivity contribution in [1.82, 2.24) is 15.4 Å². The Balaban J connectivity index is 0.000000605. The van der Waals surface area contributed by atoms with Gasteiger partial charge in [-0.25, -0.2) is 4.98 Å². The molecule has 0 atom stereocenters. The minimum Gasteiger partial charge on any atom is -0.316 e. The Hall–Kier alpha value is -1.45. The van der Waals surface area contributed by atoms with Gasteiger partial charge >= 0.3 is 0 Å². The first-order valence-electron chi connectivity index (χ1n) is 2.92. The van der Waals surface area contributed by atoms with E-state index in [-0.39, 0.29) is 7.43 Å². The number of pyridine rings is 1. The van der Waals surface area contributed by atoms with Gasteiger partial charge in [0.2, 0.25) is 0 Å². The number of fused-ring (bicyclic) bond motifs is 1. The molecule has 0 N–H and O–H groups in total. The van der Waals surface area contributed by atoms with E-state index in [4.69, 9.17) is 4.52 Å². The number of nitrogens with zero attached hydrogens (tertiary/aromatic N) is 3. The van der Waals surface area contributed by atoms with E-state index in [1.54, 1.807) is 0 Å². The molecule has 0 radical (unpaired) electrons. The van der Waals surface area contributed by atoms with Crippen LogP contribution < -0.4 is 0 Å². The van der Waals surface area contributed by atoms with Crippen LogP contribution in [0.2, 0.25) is 0 Å². The zero-order chi connectivity index (χ0) is 6.97. The fraction of sp³-hybridized carbons (Fsp3) is 0.286. The van der Waals surface area contributed by atoms with Crippen molar-refractivity contribution in [3.8, 4) is 0 Å². The molecule has 2 aromatic rings. The summed E-state index contributed by atoms with van der Waals surface area (Å²) in [5.74, 6) is 0. The smallest absolute Gasteiger partial charge is 0.278 e. The monoisotopic (exact) mass is 151 g/mol. The SMILES string of the molecule is C.Cc1ccc2nnoc2n1. The molecule has 0 unspecified atom stereocenters. The zero-order valence-electron chi connectivity index (χ0n) is 5.40. The maximum Gasteiger partial charge on any atom is 0.278 e. The first-order valence-corrected chi connectivity index (χ1v) is 2.92. The van der Waals surface area contributed by atoms with Crippen molar-refractivity contribution in [3.63, 3.8) is 0 Å². The highest BCUT2D eigenvalue weighted by Gasteiger charge is 1.98. The van der Waals surface area contributed by atoms with Gasteiger partial charge in [-0.2, -0.15) is 0 Å². The average molecular weight is 151 g/mol. The fourth-order valence-electron chi connectivity index (χ4n) is 0.772. The normalized spacial score (nSPS) is 9.55. The highest BCUT2D eigenvalue weighted by molar-refractivity contribution is 5.66. The summed E-state index contributed by atoms with van der Waals surface area (Å²) in [5.41, 5.74) is 2.11. The van der Waals surface area contributed by atoms with Crippen molar-refractivity contribution < 1.29 is 4.52 Å². The molecule has 0 bridgehead atoms. The first kappa shape index (κ1) is 7.65. The predicted octanol–water partition coefficient (Wildman–Crippen LogP) is 1.56. The summed E-state index contributed by atoms with van der Waals surface area (Å²) in [4.78, 5) is 4.04. The van der Waals surface area contributed by atoms with Crippen LogP contribution in [0.1, 0.15) is 13.1 Å². The Morgan fingerprint density at radius 1 is 1.36 bits per heavy atom. The third kappa shape index (κ3) is 1.19. The highest BCUT2D eigenvalue weighted by Crippen LogP contribution is 2.06. The summed E-state index contributed by atoms with van der Waals surface area (Å²) in [5, 5.41) is 7.04. The first-order chi connectivity index (χ1) is 4.86. The molecule has 2 aromatic heterocycles. The van der Waals surface area contributed by atoms with Crippen molar-refractivity contribution in [1.29, 1.82) is 0 Å². The number of hydrogen-bond acceptors (Lipinski definition) is 4. The Bertz CT molecular complexity index is 355. The summed E-state index contributed by atoms with van der Waals surface area (Å²) in [7, 11) is 0. The third-order valence-corrected chi connectivity index (χ3v) is 1.26. The number of aryl methyl sites for hydroxylation is 1. The van der Waals surface area contributed by atoms with Gasteiger partial charge in [0, 0.05) is 11.0 Å². The Labute approximate surface area is 64.2 Å². The molecule has 11 heavy (non-hydrogen) atoms. The second-order valence-corrected chi connectivity index (χ2v) is 2.05. The minimum absolute atomic E-state index is 0. The third-order valence-electron chi connectivity index (χ3n) is 1.26. The quantitative estimate of drug-likeness (QED) is 0.573. The van der Waals surface area contributed by atoms with Crippen LogP contribution in [-0.2, 0) is 0 Å². The maximum atomic E-state index is 4.73. The van der Waals surface area contributed by atoms with Crippen LogP contribution in [-0.4, -0.2) is 15.4 Å². The van der Waals surface area contributed by atoms with E-state index in [0.29, 0.717) is 11.2 Å². The molecule has 0 spiro atoms. The van der Waals surface area contributed by atoms with E-state index in [0.717, 1.165) is 5.69 Å². The molecule has 0 aliphatic carbocycles. The van der Waals surface area contributed by atoms with Crippen LogP contribution in [0.15, 0.2) is 16.7 Å². The van der Waals surface area contributed by atoms with E-state index < -0.39 is 0 Å². The fourth-order valence-corrected chi connectivity index (χ4v) is 0.772. The van der Waals surface area contributed by atoms with Crippen molar-refractivity contribution >= 4 is 11.2 Å². The summed E-state index contributed by atoms with van der Waals surface area (Å²) in [6.45, 7) is 1.89. The summed E-state index contributed by atoms with van der Waals surface area (Å²) >= 11 is 0. The maximum absolute atomic E-state index is 4.73. The minimum atomic E-state index is 0. The number of rotatable bonds is 0. The molecule has 4 nitrogen and oxygen atoms in total. The molecule has 0 saturated heterocycles. The number of aromatic nitrogens is 3. The van der Waals surface area contributed by atoms with Crippen LogP contribution in [0, 0.1) is 6.92 Å². The van der Waals surface area contributed by atoms with E-state index in [1.807, 2.05) is 19.1 Å². The van der Waals surface area contributed by atoms with Crippen LogP contribution in [0.4, 0.5) is 0 Å². The van der Waals surface area contributed by atoms with Gasteiger partial charge in [0.05, 0.1) is 0 Å². The molecule has 0 aliphatic heterocycles. The Kier molecular flexibility index (Phi) is 1.85. The van der Waals surface area contributed by atoms with Crippen LogP contribution >= 0.6 is 0 Å². The van der Waals surface area contributed by atoms with E-state index in [2.05, 4.69) is 15.4 Å². The molecule has 0 amide bonds. The molecule has 0 aliphatic rings. The molecule has 0 saturated carbocycles. The van der Waals surface area contributed by atoms with Gasteiger partial charge in [0.15, 0.2) is 5.52 Å². The topological polar surface area (TPSA) is 51.8 Å². The molecule has 58 valence electrons. The van der Waals surface area contributed by atoms with Crippen LogP contribution in [0.25, 0.3) is 11.2 Å². The lowest BCUT2D eigenvalue weighted by atomic mass is 10.4. The standard InChI is InChI=1S/C6H5N3O.CH4/c1-4-2-3-5-6(7-4)10-9-8-5;/h2-3H,1H3;1H4. The molecular weight excluding hydrogens is 142 g/mol. The van der Waals surface area contributed by atoms with Crippen molar-refractivity contribution in [3.05, 3.63) is 17.8 Å². The Morgan fingerprint density at radius 3 is 3.00 bits per heavy atom. The highest BCUT2D eigenvalue weighted by atomic mass is 16.5. The van der Waals surface area contributed by atoms with Gasteiger partial charge < -0.3 is 4.52 Å². The average Bonchev–Trinajstić information content (AvgIpc) is 2.33. The Morgan fingerprint density at radius 2 is 2.18 bits per heavy atom. The summed E-state index contributed by atoms with van der Waals surface area (Å²) < 4.78 is 4.73. The lowest BCUT2D eigenvalue weighted by Crippen LogP contribution is -1.78. The van der Waals surface area contributed by atoms with Crippen LogP contribution in [0.5, 0.6) is 0 Å². The van der Waals surface area contributed by atoms with Gasteiger partial charge in [-0.1, -0.05) is 7.43 Å². The summed E-state index contributed by atoms with van der Waals surface area (Å²) in [6.07, 6.45) is 0. The van der Waals surface area contributed by atoms with E-state index in [1.165, 1.54) is 0 Å². The molecular formula is C7H9N3O. The van der Waals surface area contributed by atoms with E-state index >= 15 is 0 Å². The van der Waals surface area contributed by atoms with Crippen LogP contribution in [0.3, 0.4) is 0 Å². The van der Waals surface area contributed by atoms with Gasteiger partial charge in [-0.05, 0) is 19.1 Å². The molecule has 2 rings (SSSR count). The van der Waals surface area contributed by atoms with Gasteiger partial charge in [0.25, 0.3) is 5.71 Å². The molecule has 4 heteroatoms. The second kappa shape index (κ2) is 2.65. The molecule has 0 fully saturated rings. The van der Waals surface area contributed by atoms with Crippen molar-refractivity contribution in [2.45, 2.75) is 14.4 Å². The van der Waals surface area contributed by atoms with Gasteiger partial charge in [0.1, 0.15) is 0 Å². The molecule has 0 aromatic carbocycles. The second-order valence-electron chi connectivity index (χ2n) is 2.05. The summed E-state index contributed by atoms with van der Waals surface area (Å²) in [6, 6.07) is 3.70. The van der Waals surface area contributed by atoms with Gasteiger partial charge in [-0.3, -0.25) is 0 Å². The largest absolute Gasteiger partial charge is 0.316 e. The van der Waals surface area contributed by atoms with Gasteiger partial charge in [-0.15, -0.1) is 5.10 Å². The van der Waals surface area contributed by atoms with Crippen molar-refractivity contribution in [2.24, 2.45) is 0 Å². The lowest BCUT2D eigenvalue weighted by molar-refractivity contribution is 0.417. The predicted molar refractivity (Wildman–Crippen MR) is 41.1 cm³/mol. The number of hydrogen-bond donors (Lipinski definition) is 0. The zero-order valence-corrected chi connectivity index (χ0v) is 5.40.